The molecule has 0 spiro atoms. The molecular weight excluding hydrogens is 240 g/mol. The molecule has 0 bridgehead atoms. The van der Waals surface area contributed by atoms with E-state index in [-0.39, 0.29) is 6.61 Å². The van der Waals surface area contributed by atoms with E-state index in [1.54, 1.807) is 24.3 Å². The summed E-state index contributed by atoms with van der Waals surface area (Å²) in [5.41, 5.74) is 0.790. The Morgan fingerprint density at radius 2 is 1.88 bits per heavy atom. The highest BCUT2D eigenvalue weighted by atomic mass is 32.2. The Balaban J connectivity index is 2.25. The van der Waals surface area contributed by atoms with E-state index in [9.17, 15) is 8.42 Å². The van der Waals surface area contributed by atoms with Gasteiger partial charge in [0.15, 0.2) is 0 Å². The summed E-state index contributed by atoms with van der Waals surface area (Å²) in [5, 5.41) is 0. The third-order valence-electron chi connectivity index (χ3n) is 1.88. The molecule has 1 aromatic carbocycles. The van der Waals surface area contributed by atoms with Crippen LogP contribution in [-0.4, -0.2) is 27.9 Å². The molecular formula is C12H14O4S. The van der Waals surface area contributed by atoms with E-state index in [4.69, 9.17) is 11.2 Å². The Morgan fingerprint density at radius 1 is 1.24 bits per heavy atom. The van der Waals surface area contributed by atoms with Gasteiger partial charge >= 0.3 is 0 Å². The van der Waals surface area contributed by atoms with Crippen molar-refractivity contribution in [2.24, 2.45) is 0 Å². The lowest BCUT2D eigenvalue weighted by molar-refractivity contribution is 0.252. The molecule has 0 atom stereocenters. The van der Waals surface area contributed by atoms with Crippen LogP contribution in [-0.2, 0) is 14.3 Å². The average molecular weight is 254 g/mol. The summed E-state index contributed by atoms with van der Waals surface area (Å²) in [4.78, 5) is 0. The first-order valence-corrected chi connectivity index (χ1v) is 6.87. The fraction of sp³-hybridized carbons (Fsp3) is 0.333. The summed E-state index contributed by atoms with van der Waals surface area (Å²) in [6.07, 6.45) is 6.74. The van der Waals surface area contributed by atoms with E-state index in [0.29, 0.717) is 18.8 Å². The van der Waals surface area contributed by atoms with Gasteiger partial charge in [-0.25, -0.2) is 0 Å². The number of benzene rings is 1. The molecule has 0 aliphatic heterocycles. The zero-order chi connectivity index (χ0) is 12.7. The van der Waals surface area contributed by atoms with Gasteiger partial charge in [0.25, 0.3) is 10.1 Å². The highest BCUT2D eigenvalue weighted by molar-refractivity contribution is 7.85. The number of rotatable bonds is 6. The zero-order valence-corrected chi connectivity index (χ0v) is 10.4. The Bertz CT molecular complexity index is 482. The Morgan fingerprint density at radius 3 is 2.41 bits per heavy atom. The first kappa shape index (κ1) is 13.6. The molecule has 0 saturated heterocycles. The van der Waals surface area contributed by atoms with Gasteiger partial charge in [-0.05, 0) is 24.3 Å². The van der Waals surface area contributed by atoms with E-state index in [0.717, 1.165) is 11.8 Å². The molecule has 1 rings (SSSR count). The number of ether oxygens (including phenoxy) is 1. The van der Waals surface area contributed by atoms with Gasteiger partial charge in [-0.3, -0.25) is 4.18 Å². The largest absolute Gasteiger partial charge is 0.494 e. The van der Waals surface area contributed by atoms with Crippen LogP contribution < -0.4 is 4.74 Å². The smallest absolute Gasteiger partial charge is 0.264 e. The molecule has 0 fully saturated rings. The van der Waals surface area contributed by atoms with Crippen LogP contribution in [0.25, 0.3) is 0 Å². The van der Waals surface area contributed by atoms with Crippen molar-refractivity contribution in [2.45, 2.75) is 6.42 Å². The van der Waals surface area contributed by atoms with Crippen molar-refractivity contribution >= 4 is 10.1 Å². The van der Waals surface area contributed by atoms with E-state index in [1.165, 1.54) is 0 Å². The fourth-order valence-electron chi connectivity index (χ4n) is 1.11. The predicted molar refractivity (Wildman–Crippen MR) is 65.3 cm³/mol. The van der Waals surface area contributed by atoms with Crippen molar-refractivity contribution in [1.82, 2.24) is 0 Å². The summed E-state index contributed by atoms with van der Waals surface area (Å²) in [7, 11) is -3.36. The first-order chi connectivity index (χ1) is 8.01. The van der Waals surface area contributed by atoms with Crippen molar-refractivity contribution in [3.63, 3.8) is 0 Å². The van der Waals surface area contributed by atoms with Crippen molar-refractivity contribution in [1.29, 1.82) is 0 Å². The lowest BCUT2D eigenvalue weighted by atomic mass is 10.2. The van der Waals surface area contributed by atoms with Crippen LogP contribution >= 0.6 is 0 Å². The second kappa shape index (κ2) is 6.28. The summed E-state index contributed by atoms with van der Waals surface area (Å²) in [5.74, 6) is 3.20. The standard InChI is InChI=1S/C12H14O4S/c1-3-11-5-7-12(8-6-11)15-9-4-10-16-17(2,13)14/h1,5-8H,4,9-10H2,2H3. The predicted octanol–water partition coefficient (Wildman–Crippen LogP) is 1.41. The van der Waals surface area contributed by atoms with Gasteiger partial charge in [-0.15, -0.1) is 6.42 Å². The molecule has 0 N–H and O–H groups in total. The molecule has 0 amide bonds. The van der Waals surface area contributed by atoms with E-state index in [1.807, 2.05) is 0 Å². The summed E-state index contributed by atoms with van der Waals surface area (Å²) >= 11 is 0. The lowest BCUT2D eigenvalue weighted by Crippen LogP contribution is -2.07. The lowest BCUT2D eigenvalue weighted by Gasteiger charge is -2.05. The Kier molecular flexibility index (Phi) is 5.01. The summed E-state index contributed by atoms with van der Waals surface area (Å²) in [6.45, 7) is 0.520. The molecule has 0 unspecified atom stereocenters. The maximum atomic E-state index is 10.7. The SMILES string of the molecule is C#Cc1ccc(OCCCOS(C)(=O)=O)cc1. The zero-order valence-electron chi connectivity index (χ0n) is 9.55. The molecule has 0 aliphatic rings. The number of hydrogen-bond acceptors (Lipinski definition) is 4. The summed E-state index contributed by atoms with van der Waals surface area (Å²) in [6, 6.07) is 7.10. The second-order valence-electron chi connectivity index (χ2n) is 3.40. The summed E-state index contributed by atoms with van der Waals surface area (Å²) < 4.78 is 31.3. The van der Waals surface area contributed by atoms with Gasteiger partial charge in [0.1, 0.15) is 5.75 Å². The van der Waals surface area contributed by atoms with Crippen LogP contribution in [0.15, 0.2) is 24.3 Å². The highest BCUT2D eigenvalue weighted by Gasteiger charge is 2.00. The minimum absolute atomic E-state index is 0.126. The van der Waals surface area contributed by atoms with Crippen LogP contribution in [0.4, 0.5) is 0 Å². The Hall–Kier alpha value is -1.51. The molecule has 5 heteroatoms. The van der Waals surface area contributed by atoms with Gasteiger partial charge in [-0.2, -0.15) is 8.42 Å². The van der Waals surface area contributed by atoms with Gasteiger partial charge in [0.05, 0.1) is 19.5 Å². The maximum Gasteiger partial charge on any atom is 0.264 e. The topological polar surface area (TPSA) is 52.6 Å². The molecule has 0 radical (unpaired) electrons. The first-order valence-electron chi connectivity index (χ1n) is 5.05. The van der Waals surface area contributed by atoms with Crippen molar-refractivity contribution in [2.75, 3.05) is 19.5 Å². The molecule has 0 aromatic heterocycles. The van der Waals surface area contributed by atoms with Crippen molar-refractivity contribution in [3.8, 4) is 18.1 Å². The van der Waals surface area contributed by atoms with E-state index >= 15 is 0 Å². The number of terminal acetylenes is 1. The monoisotopic (exact) mass is 254 g/mol. The molecule has 1 aromatic rings. The average Bonchev–Trinajstić information content (AvgIpc) is 2.28. The van der Waals surface area contributed by atoms with Crippen molar-refractivity contribution < 1.29 is 17.3 Å². The fourth-order valence-corrected chi connectivity index (χ4v) is 1.53. The van der Waals surface area contributed by atoms with Gasteiger partial charge in [0.2, 0.25) is 0 Å². The van der Waals surface area contributed by atoms with Crippen LogP contribution in [0.2, 0.25) is 0 Å². The van der Waals surface area contributed by atoms with Gasteiger partial charge < -0.3 is 4.74 Å². The highest BCUT2D eigenvalue weighted by Crippen LogP contribution is 2.11. The minimum atomic E-state index is -3.36. The van der Waals surface area contributed by atoms with Crippen LogP contribution in [0.1, 0.15) is 12.0 Å². The molecule has 17 heavy (non-hydrogen) atoms. The maximum absolute atomic E-state index is 10.7. The van der Waals surface area contributed by atoms with Gasteiger partial charge in [0, 0.05) is 12.0 Å². The van der Waals surface area contributed by atoms with Crippen LogP contribution in [0, 0.1) is 12.3 Å². The second-order valence-corrected chi connectivity index (χ2v) is 5.04. The van der Waals surface area contributed by atoms with Gasteiger partial charge in [-0.1, -0.05) is 5.92 Å². The normalized spacial score (nSPS) is 10.8. The minimum Gasteiger partial charge on any atom is -0.494 e. The van der Waals surface area contributed by atoms with E-state index in [2.05, 4.69) is 10.1 Å². The van der Waals surface area contributed by atoms with Crippen LogP contribution in [0.5, 0.6) is 5.75 Å². The van der Waals surface area contributed by atoms with Crippen molar-refractivity contribution in [3.05, 3.63) is 29.8 Å². The molecule has 0 saturated carbocycles. The third-order valence-corrected chi connectivity index (χ3v) is 2.47. The Labute approximate surface area is 102 Å². The van der Waals surface area contributed by atoms with E-state index < -0.39 is 10.1 Å². The molecule has 0 heterocycles. The molecule has 92 valence electrons. The quantitative estimate of drug-likeness (QED) is 0.437. The van der Waals surface area contributed by atoms with Crippen LogP contribution in [0.3, 0.4) is 0 Å². The number of hydrogen-bond donors (Lipinski definition) is 0. The third kappa shape index (κ3) is 5.95. The molecule has 0 aliphatic carbocycles. The molecule has 4 nitrogen and oxygen atoms in total.